The molecule has 7 nitrogen and oxygen atoms in total. The summed E-state index contributed by atoms with van der Waals surface area (Å²) in [5.41, 5.74) is 3.76. The van der Waals surface area contributed by atoms with Crippen LogP contribution in [-0.2, 0) is 13.6 Å². The van der Waals surface area contributed by atoms with Crippen molar-refractivity contribution in [1.29, 1.82) is 0 Å². The smallest absolute Gasteiger partial charge is 0.182 e. The summed E-state index contributed by atoms with van der Waals surface area (Å²) < 4.78 is 1.85. The van der Waals surface area contributed by atoms with Gasteiger partial charge in [0.05, 0.1) is 12.5 Å². The number of H-pyrrole nitrogens is 1. The number of nitrogens with one attached hydrogen (secondary N) is 2. The molecule has 0 aromatic carbocycles. The molecule has 3 aromatic heterocycles. The molecule has 0 amide bonds. The Bertz CT molecular complexity index is 682. The topological polar surface area (TPSA) is 84.3 Å². The number of fused-ring (bicyclic) bond motifs is 1. The molecule has 0 aliphatic carbocycles. The van der Waals surface area contributed by atoms with E-state index < -0.39 is 0 Å². The minimum absolute atomic E-state index is 0.662. The molecule has 0 spiro atoms. The van der Waals surface area contributed by atoms with E-state index in [1.807, 2.05) is 24.9 Å². The van der Waals surface area contributed by atoms with E-state index in [1.54, 1.807) is 6.33 Å². The predicted octanol–water partition coefficient (Wildman–Crippen LogP) is 1.01. The molecule has 0 saturated heterocycles. The lowest BCUT2D eigenvalue weighted by molar-refractivity contribution is 0.738. The van der Waals surface area contributed by atoms with Gasteiger partial charge in [0.2, 0.25) is 0 Å². The first-order valence-electron chi connectivity index (χ1n) is 5.61. The fourth-order valence-electron chi connectivity index (χ4n) is 1.80. The molecule has 0 aliphatic heterocycles. The number of aryl methyl sites for hydroxylation is 1. The van der Waals surface area contributed by atoms with Crippen LogP contribution in [0.2, 0.25) is 0 Å². The Hall–Kier alpha value is -2.44. The Morgan fingerprint density at radius 2 is 2.22 bits per heavy atom. The Kier molecular flexibility index (Phi) is 2.44. The molecule has 3 aromatic rings. The van der Waals surface area contributed by atoms with Gasteiger partial charge in [-0.05, 0) is 6.92 Å². The zero-order valence-corrected chi connectivity index (χ0v) is 10.2. The van der Waals surface area contributed by atoms with Crippen LogP contribution in [0.15, 0.2) is 18.9 Å². The number of aromatic amines is 1. The summed E-state index contributed by atoms with van der Waals surface area (Å²) in [6.07, 6.45) is 4.97. The van der Waals surface area contributed by atoms with Crippen LogP contribution in [0.5, 0.6) is 0 Å². The minimum Gasteiger partial charge on any atom is -0.364 e. The molecular formula is C11H13N7. The Labute approximate surface area is 103 Å². The van der Waals surface area contributed by atoms with Crippen molar-refractivity contribution in [3.63, 3.8) is 0 Å². The first kappa shape index (κ1) is 10.7. The van der Waals surface area contributed by atoms with Crippen molar-refractivity contribution in [3.05, 3.63) is 30.1 Å². The number of aromatic nitrogens is 6. The Morgan fingerprint density at radius 3 is 3.00 bits per heavy atom. The third-order valence-electron chi connectivity index (χ3n) is 3.01. The SMILES string of the molecule is Cc1c(CNc2ncnc3nc[nH]c23)cnn1C. The predicted molar refractivity (Wildman–Crippen MR) is 67.0 cm³/mol. The second kappa shape index (κ2) is 4.10. The summed E-state index contributed by atoms with van der Waals surface area (Å²) in [6, 6.07) is 0. The maximum atomic E-state index is 4.21. The molecule has 0 radical (unpaired) electrons. The Morgan fingerprint density at radius 1 is 1.33 bits per heavy atom. The van der Waals surface area contributed by atoms with Crippen molar-refractivity contribution < 1.29 is 0 Å². The third kappa shape index (κ3) is 1.69. The lowest BCUT2D eigenvalue weighted by atomic mass is 10.2. The van der Waals surface area contributed by atoms with Crippen LogP contribution in [0, 0.1) is 6.92 Å². The van der Waals surface area contributed by atoms with Crippen LogP contribution < -0.4 is 5.32 Å². The molecule has 0 bridgehead atoms. The molecule has 3 heterocycles. The molecule has 18 heavy (non-hydrogen) atoms. The molecule has 7 heteroatoms. The number of rotatable bonds is 3. The highest BCUT2D eigenvalue weighted by Gasteiger charge is 2.07. The lowest BCUT2D eigenvalue weighted by Crippen LogP contribution is -2.04. The van der Waals surface area contributed by atoms with Gasteiger partial charge < -0.3 is 10.3 Å². The molecule has 92 valence electrons. The van der Waals surface area contributed by atoms with E-state index in [4.69, 9.17) is 0 Å². The maximum absolute atomic E-state index is 4.21. The highest BCUT2D eigenvalue weighted by Crippen LogP contribution is 2.16. The van der Waals surface area contributed by atoms with E-state index in [0.717, 1.165) is 22.6 Å². The second-order valence-corrected chi connectivity index (χ2v) is 4.06. The first-order valence-corrected chi connectivity index (χ1v) is 5.61. The molecule has 0 fully saturated rings. The summed E-state index contributed by atoms with van der Waals surface area (Å²) in [5, 5.41) is 7.47. The summed E-state index contributed by atoms with van der Waals surface area (Å²) in [4.78, 5) is 15.4. The van der Waals surface area contributed by atoms with Crippen molar-refractivity contribution in [3.8, 4) is 0 Å². The number of hydrogen-bond donors (Lipinski definition) is 2. The second-order valence-electron chi connectivity index (χ2n) is 4.06. The fourth-order valence-corrected chi connectivity index (χ4v) is 1.80. The van der Waals surface area contributed by atoms with E-state index in [-0.39, 0.29) is 0 Å². The first-order chi connectivity index (χ1) is 8.75. The number of nitrogens with zero attached hydrogens (tertiary/aromatic N) is 5. The summed E-state index contributed by atoms with van der Waals surface area (Å²) >= 11 is 0. The minimum atomic E-state index is 0.662. The summed E-state index contributed by atoms with van der Waals surface area (Å²) in [5.74, 6) is 0.751. The van der Waals surface area contributed by atoms with Gasteiger partial charge in [-0.2, -0.15) is 5.10 Å². The molecule has 2 N–H and O–H groups in total. The number of anilines is 1. The molecule has 0 saturated carbocycles. The molecule has 3 rings (SSSR count). The van der Waals surface area contributed by atoms with Gasteiger partial charge in [-0.1, -0.05) is 0 Å². The average Bonchev–Trinajstić information content (AvgIpc) is 2.97. The van der Waals surface area contributed by atoms with E-state index in [1.165, 1.54) is 6.33 Å². The monoisotopic (exact) mass is 243 g/mol. The quantitative estimate of drug-likeness (QED) is 0.717. The van der Waals surface area contributed by atoms with E-state index in [2.05, 4.69) is 30.4 Å². The largest absolute Gasteiger partial charge is 0.364 e. The molecule has 0 atom stereocenters. The normalized spacial score (nSPS) is 11.0. The van der Waals surface area contributed by atoms with Crippen LogP contribution in [0.1, 0.15) is 11.3 Å². The van der Waals surface area contributed by atoms with Crippen LogP contribution in [0.25, 0.3) is 11.2 Å². The van der Waals surface area contributed by atoms with Gasteiger partial charge in [0.1, 0.15) is 11.8 Å². The van der Waals surface area contributed by atoms with Gasteiger partial charge >= 0.3 is 0 Å². The zero-order valence-electron chi connectivity index (χ0n) is 10.2. The molecular weight excluding hydrogens is 230 g/mol. The fraction of sp³-hybridized carbons (Fsp3) is 0.273. The summed E-state index contributed by atoms with van der Waals surface area (Å²) in [7, 11) is 1.93. The van der Waals surface area contributed by atoms with Crippen molar-refractivity contribution >= 4 is 17.0 Å². The van der Waals surface area contributed by atoms with Crippen LogP contribution in [0.3, 0.4) is 0 Å². The van der Waals surface area contributed by atoms with Gasteiger partial charge in [0.15, 0.2) is 11.5 Å². The lowest BCUT2D eigenvalue weighted by Gasteiger charge is -2.05. The van der Waals surface area contributed by atoms with Crippen LogP contribution in [0.4, 0.5) is 5.82 Å². The van der Waals surface area contributed by atoms with Crippen molar-refractivity contribution in [2.45, 2.75) is 13.5 Å². The Balaban J connectivity index is 1.85. The van der Waals surface area contributed by atoms with Gasteiger partial charge in [0.25, 0.3) is 0 Å². The van der Waals surface area contributed by atoms with Crippen LogP contribution >= 0.6 is 0 Å². The highest BCUT2D eigenvalue weighted by atomic mass is 15.3. The van der Waals surface area contributed by atoms with Crippen LogP contribution in [-0.4, -0.2) is 29.7 Å². The molecule has 0 unspecified atom stereocenters. The van der Waals surface area contributed by atoms with Crippen molar-refractivity contribution in [2.24, 2.45) is 7.05 Å². The number of hydrogen-bond acceptors (Lipinski definition) is 5. The van der Waals surface area contributed by atoms with Gasteiger partial charge in [-0.15, -0.1) is 0 Å². The van der Waals surface area contributed by atoms with E-state index in [9.17, 15) is 0 Å². The van der Waals surface area contributed by atoms with Crippen molar-refractivity contribution in [2.75, 3.05) is 5.32 Å². The van der Waals surface area contributed by atoms with Gasteiger partial charge in [-0.25, -0.2) is 15.0 Å². The number of imidazole rings is 1. The van der Waals surface area contributed by atoms with Gasteiger partial charge in [0, 0.05) is 24.8 Å². The highest BCUT2D eigenvalue weighted by molar-refractivity contribution is 5.81. The standard InChI is InChI=1S/C11H13N7/c1-7-8(4-17-18(7)2)3-12-10-9-11(14-5-13-9)16-6-15-10/h4-6H,3H2,1-2H3,(H2,12,13,14,15,16). The maximum Gasteiger partial charge on any atom is 0.182 e. The molecule has 0 aliphatic rings. The van der Waals surface area contributed by atoms with Gasteiger partial charge in [-0.3, -0.25) is 4.68 Å². The summed E-state index contributed by atoms with van der Waals surface area (Å²) in [6.45, 7) is 2.71. The zero-order chi connectivity index (χ0) is 12.5. The van der Waals surface area contributed by atoms with E-state index in [0.29, 0.717) is 12.2 Å². The third-order valence-corrected chi connectivity index (χ3v) is 3.01. The van der Waals surface area contributed by atoms with E-state index >= 15 is 0 Å². The van der Waals surface area contributed by atoms with Crippen molar-refractivity contribution in [1.82, 2.24) is 29.7 Å². The average molecular weight is 243 g/mol.